The first-order valence-electron chi connectivity index (χ1n) is 5.97. The molecule has 5 nitrogen and oxygen atoms in total. The summed E-state index contributed by atoms with van der Waals surface area (Å²) in [7, 11) is 0. The van der Waals surface area contributed by atoms with E-state index in [1.165, 1.54) is 0 Å². The van der Waals surface area contributed by atoms with Crippen molar-refractivity contribution in [1.29, 1.82) is 0 Å². The predicted octanol–water partition coefficient (Wildman–Crippen LogP) is 2.00. The van der Waals surface area contributed by atoms with Gasteiger partial charge in [0.25, 0.3) is 0 Å². The molecule has 0 radical (unpaired) electrons. The minimum absolute atomic E-state index is 0.204. The van der Waals surface area contributed by atoms with Gasteiger partial charge in [-0.15, -0.1) is 11.3 Å². The Morgan fingerprint density at radius 1 is 1.65 bits per heavy atom. The molecular formula is C11H13F3N2O3S. The van der Waals surface area contributed by atoms with E-state index in [1.807, 2.05) is 11.8 Å². The van der Waals surface area contributed by atoms with Gasteiger partial charge in [0.15, 0.2) is 16.9 Å². The van der Waals surface area contributed by atoms with Crippen molar-refractivity contribution in [2.75, 3.05) is 26.3 Å². The summed E-state index contributed by atoms with van der Waals surface area (Å²) in [5, 5.41) is -0.0119. The molecule has 0 spiro atoms. The molecule has 1 aliphatic rings. The highest BCUT2D eigenvalue weighted by Gasteiger charge is 2.36. The van der Waals surface area contributed by atoms with E-state index >= 15 is 0 Å². The van der Waals surface area contributed by atoms with Crippen molar-refractivity contribution in [2.45, 2.75) is 19.3 Å². The van der Waals surface area contributed by atoms with Crippen molar-refractivity contribution in [3.8, 4) is 0 Å². The molecule has 112 valence electrons. The molecule has 0 aromatic carbocycles. The van der Waals surface area contributed by atoms with Crippen LogP contribution in [-0.2, 0) is 15.7 Å². The van der Waals surface area contributed by atoms with Crippen LogP contribution in [0, 0.1) is 0 Å². The van der Waals surface area contributed by atoms with E-state index in [4.69, 9.17) is 9.47 Å². The SMILES string of the molecule is CCN1CCOCC1OC(=O)c1csc(C(F)(F)F)n1. The molecule has 1 aliphatic heterocycles. The van der Waals surface area contributed by atoms with Crippen molar-refractivity contribution < 1.29 is 27.4 Å². The first-order chi connectivity index (χ1) is 9.41. The summed E-state index contributed by atoms with van der Waals surface area (Å²) in [6.45, 7) is 3.91. The molecule has 1 saturated heterocycles. The zero-order valence-corrected chi connectivity index (χ0v) is 11.5. The van der Waals surface area contributed by atoms with Crippen LogP contribution in [-0.4, -0.2) is 48.4 Å². The fourth-order valence-electron chi connectivity index (χ4n) is 1.77. The molecule has 1 fully saturated rings. The van der Waals surface area contributed by atoms with Gasteiger partial charge in [0.05, 0.1) is 13.2 Å². The highest BCUT2D eigenvalue weighted by Crippen LogP contribution is 2.31. The van der Waals surface area contributed by atoms with Gasteiger partial charge in [0, 0.05) is 11.9 Å². The Morgan fingerprint density at radius 3 is 3.00 bits per heavy atom. The van der Waals surface area contributed by atoms with E-state index in [0.29, 0.717) is 31.0 Å². The monoisotopic (exact) mass is 310 g/mol. The fourth-order valence-corrected chi connectivity index (χ4v) is 2.42. The number of carbonyl (C=O) groups excluding carboxylic acids is 1. The molecule has 1 unspecified atom stereocenters. The maximum Gasteiger partial charge on any atom is 0.443 e. The van der Waals surface area contributed by atoms with Gasteiger partial charge in [-0.2, -0.15) is 13.2 Å². The summed E-state index contributed by atoms with van der Waals surface area (Å²) < 4.78 is 47.6. The molecule has 1 aromatic heterocycles. The Labute approximate surface area is 117 Å². The summed E-state index contributed by atoms with van der Waals surface area (Å²) in [5.41, 5.74) is -0.330. The van der Waals surface area contributed by atoms with Gasteiger partial charge < -0.3 is 9.47 Å². The van der Waals surface area contributed by atoms with Gasteiger partial charge in [-0.1, -0.05) is 6.92 Å². The zero-order chi connectivity index (χ0) is 14.8. The summed E-state index contributed by atoms with van der Waals surface area (Å²) >= 11 is 0.372. The second kappa shape index (κ2) is 6.06. The van der Waals surface area contributed by atoms with E-state index < -0.39 is 23.4 Å². The summed E-state index contributed by atoms with van der Waals surface area (Å²) in [6.07, 6.45) is -5.13. The minimum Gasteiger partial charge on any atom is -0.439 e. The average Bonchev–Trinajstić information content (AvgIpc) is 2.89. The third-order valence-corrected chi connectivity index (χ3v) is 3.68. The van der Waals surface area contributed by atoms with Gasteiger partial charge in [0.2, 0.25) is 0 Å². The number of morpholine rings is 1. The third kappa shape index (κ3) is 3.47. The summed E-state index contributed by atoms with van der Waals surface area (Å²) in [5.74, 6) is -0.870. The molecule has 1 atom stereocenters. The zero-order valence-electron chi connectivity index (χ0n) is 10.6. The Kier molecular flexibility index (Phi) is 4.61. The summed E-state index contributed by atoms with van der Waals surface area (Å²) in [4.78, 5) is 16.9. The molecule has 20 heavy (non-hydrogen) atoms. The Hall–Kier alpha value is -1.19. The molecule has 0 saturated carbocycles. The third-order valence-electron chi connectivity index (χ3n) is 2.80. The Morgan fingerprint density at radius 2 is 2.40 bits per heavy atom. The molecule has 0 amide bonds. The van der Waals surface area contributed by atoms with Crippen LogP contribution in [0.2, 0.25) is 0 Å². The Bertz CT molecular complexity index is 478. The van der Waals surface area contributed by atoms with Gasteiger partial charge in [-0.3, -0.25) is 4.90 Å². The molecule has 0 bridgehead atoms. The number of carbonyl (C=O) groups is 1. The molecule has 1 aromatic rings. The molecule has 2 heterocycles. The molecule has 0 aliphatic carbocycles. The second-order valence-corrected chi connectivity index (χ2v) is 4.96. The first-order valence-corrected chi connectivity index (χ1v) is 6.85. The van der Waals surface area contributed by atoms with Crippen molar-refractivity contribution in [1.82, 2.24) is 9.88 Å². The number of hydrogen-bond acceptors (Lipinski definition) is 6. The van der Waals surface area contributed by atoms with E-state index in [-0.39, 0.29) is 12.3 Å². The van der Waals surface area contributed by atoms with Crippen LogP contribution < -0.4 is 0 Å². The molecule has 0 N–H and O–H groups in total. The van der Waals surface area contributed by atoms with Crippen molar-refractivity contribution in [3.05, 3.63) is 16.1 Å². The van der Waals surface area contributed by atoms with E-state index in [0.717, 1.165) is 5.38 Å². The van der Waals surface area contributed by atoms with Crippen LogP contribution in [0.1, 0.15) is 22.4 Å². The maximum absolute atomic E-state index is 12.4. The number of hydrogen-bond donors (Lipinski definition) is 0. The van der Waals surface area contributed by atoms with Crippen LogP contribution in [0.5, 0.6) is 0 Å². The topological polar surface area (TPSA) is 51.7 Å². The molecular weight excluding hydrogens is 297 g/mol. The van der Waals surface area contributed by atoms with Crippen LogP contribution in [0.3, 0.4) is 0 Å². The van der Waals surface area contributed by atoms with Gasteiger partial charge in [-0.25, -0.2) is 9.78 Å². The molecule has 9 heteroatoms. The lowest BCUT2D eigenvalue weighted by Crippen LogP contribution is -2.47. The highest BCUT2D eigenvalue weighted by atomic mass is 32.1. The largest absolute Gasteiger partial charge is 0.443 e. The fraction of sp³-hybridized carbons (Fsp3) is 0.636. The lowest BCUT2D eigenvalue weighted by atomic mass is 10.4. The number of thiazole rings is 1. The van der Waals surface area contributed by atoms with Gasteiger partial charge in [-0.05, 0) is 6.54 Å². The molecule has 2 rings (SSSR count). The number of likely N-dealkylation sites (N-methyl/N-ethyl adjacent to an activating group) is 1. The number of alkyl halides is 3. The van der Waals surface area contributed by atoms with Crippen LogP contribution >= 0.6 is 11.3 Å². The number of ether oxygens (including phenoxy) is 2. The van der Waals surface area contributed by atoms with Crippen LogP contribution in [0.15, 0.2) is 5.38 Å². The normalized spacial score (nSPS) is 20.9. The minimum atomic E-state index is -4.55. The predicted molar refractivity (Wildman–Crippen MR) is 64.4 cm³/mol. The first kappa shape index (κ1) is 15.2. The number of rotatable bonds is 3. The van der Waals surface area contributed by atoms with Gasteiger partial charge >= 0.3 is 12.1 Å². The standard InChI is InChI=1S/C11H13F3N2O3S/c1-2-16-3-4-18-5-8(16)19-9(17)7-6-20-10(15-7)11(12,13)14/h6,8H,2-5H2,1H3. The number of nitrogens with zero attached hydrogens (tertiary/aromatic N) is 2. The maximum atomic E-state index is 12.4. The quantitative estimate of drug-likeness (QED) is 0.799. The number of aromatic nitrogens is 1. The average molecular weight is 310 g/mol. The van der Waals surface area contributed by atoms with Crippen molar-refractivity contribution in [3.63, 3.8) is 0 Å². The van der Waals surface area contributed by atoms with Crippen LogP contribution in [0.4, 0.5) is 13.2 Å². The highest BCUT2D eigenvalue weighted by molar-refractivity contribution is 7.09. The lowest BCUT2D eigenvalue weighted by molar-refractivity contribution is -0.137. The van der Waals surface area contributed by atoms with Crippen LogP contribution in [0.25, 0.3) is 0 Å². The number of esters is 1. The lowest BCUT2D eigenvalue weighted by Gasteiger charge is -2.33. The van der Waals surface area contributed by atoms with E-state index in [9.17, 15) is 18.0 Å². The van der Waals surface area contributed by atoms with Crippen molar-refractivity contribution in [2.24, 2.45) is 0 Å². The smallest absolute Gasteiger partial charge is 0.439 e. The second-order valence-electron chi connectivity index (χ2n) is 4.10. The Balaban J connectivity index is 2.02. The van der Waals surface area contributed by atoms with Gasteiger partial charge in [0.1, 0.15) is 0 Å². The van der Waals surface area contributed by atoms with E-state index in [2.05, 4.69) is 4.98 Å². The van der Waals surface area contributed by atoms with E-state index in [1.54, 1.807) is 0 Å². The van der Waals surface area contributed by atoms with Crippen molar-refractivity contribution >= 4 is 17.3 Å². The number of halogens is 3. The summed E-state index contributed by atoms with van der Waals surface area (Å²) in [6, 6.07) is 0.